The lowest BCUT2D eigenvalue weighted by Crippen LogP contribution is -2.36. The van der Waals surface area contributed by atoms with Gasteiger partial charge in [0.15, 0.2) is 0 Å². The van der Waals surface area contributed by atoms with Gasteiger partial charge in [-0.25, -0.2) is 0 Å². The quantitative estimate of drug-likeness (QED) is 0.710. The fourth-order valence-electron chi connectivity index (χ4n) is 1.83. The molecule has 0 spiro atoms. The molecular weight excluding hydrogens is 160 g/mol. The standard InChI is InChI=1S/C11H16N2/c1-9(11-12-7-8-13-11)10-5-3-2-4-6-10/h2-6,9,11-13H,7-8H2,1H3. The van der Waals surface area contributed by atoms with Gasteiger partial charge in [-0.3, -0.25) is 0 Å². The Kier molecular flexibility index (Phi) is 2.62. The molecule has 0 aliphatic carbocycles. The van der Waals surface area contributed by atoms with Crippen molar-refractivity contribution in [2.45, 2.75) is 19.0 Å². The van der Waals surface area contributed by atoms with Gasteiger partial charge in [0.2, 0.25) is 0 Å². The Morgan fingerprint density at radius 2 is 1.77 bits per heavy atom. The summed E-state index contributed by atoms with van der Waals surface area (Å²) in [5.41, 5.74) is 1.40. The molecule has 1 fully saturated rings. The predicted molar refractivity (Wildman–Crippen MR) is 54.7 cm³/mol. The van der Waals surface area contributed by atoms with Crippen LogP contribution >= 0.6 is 0 Å². The van der Waals surface area contributed by atoms with E-state index in [4.69, 9.17) is 0 Å². The molecule has 2 nitrogen and oxygen atoms in total. The fraction of sp³-hybridized carbons (Fsp3) is 0.455. The fourth-order valence-corrected chi connectivity index (χ4v) is 1.83. The third-order valence-corrected chi connectivity index (χ3v) is 2.68. The summed E-state index contributed by atoms with van der Waals surface area (Å²) in [4.78, 5) is 0. The molecule has 1 unspecified atom stereocenters. The van der Waals surface area contributed by atoms with Crippen molar-refractivity contribution >= 4 is 0 Å². The minimum absolute atomic E-state index is 0.447. The molecule has 0 aromatic heterocycles. The summed E-state index contributed by atoms with van der Waals surface area (Å²) in [6.45, 7) is 4.43. The van der Waals surface area contributed by atoms with Gasteiger partial charge in [-0.2, -0.15) is 0 Å². The Balaban J connectivity index is 2.08. The van der Waals surface area contributed by atoms with E-state index >= 15 is 0 Å². The first-order chi connectivity index (χ1) is 6.38. The largest absolute Gasteiger partial charge is 0.300 e. The molecule has 1 aromatic carbocycles. The Morgan fingerprint density at radius 3 is 2.38 bits per heavy atom. The van der Waals surface area contributed by atoms with Crippen LogP contribution in [0.1, 0.15) is 18.4 Å². The van der Waals surface area contributed by atoms with Crippen molar-refractivity contribution in [3.8, 4) is 0 Å². The van der Waals surface area contributed by atoms with Crippen LogP contribution < -0.4 is 10.6 Å². The van der Waals surface area contributed by atoms with E-state index in [1.54, 1.807) is 0 Å². The monoisotopic (exact) mass is 176 g/mol. The maximum atomic E-state index is 3.44. The van der Waals surface area contributed by atoms with E-state index in [9.17, 15) is 0 Å². The average Bonchev–Trinajstić information content (AvgIpc) is 2.71. The van der Waals surface area contributed by atoms with Gasteiger partial charge >= 0.3 is 0 Å². The molecule has 1 aliphatic heterocycles. The summed E-state index contributed by atoms with van der Waals surface area (Å²) in [6.07, 6.45) is 0.447. The van der Waals surface area contributed by atoms with Crippen LogP contribution in [0.4, 0.5) is 0 Å². The lowest BCUT2D eigenvalue weighted by molar-refractivity contribution is 0.476. The lowest BCUT2D eigenvalue weighted by atomic mass is 9.98. The zero-order valence-corrected chi connectivity index (χ0v) is 7.96. The highest BCUT2D eigenvalue weighted by Crippen LogP contribution is 2.18. The van der Waals surface area contributed by atoms with E-state index in [1.165, 1.54) is 5.56 Å². The smallest absolute Gasteiger partial charge is 0.0640 e. The molecule has 1 atom stereocenters. The SMILES string of the molecule is CC(c1ccccc1)C1NCCN1. The minimum Gasteiger partial charge on any atom is -0.300 e. The molecular formula is C11H16N2. The van der Waals surface area contributed by atoms with Crippen LogP contribution in [0.2, 0.25) is 0 Å². The van der Waals surface area contributed by atoms with Gasteiger partial charge in [-0.1, -0.05) is 37.3 Å². The first-order valence-corrected chi connectivity index (χ1v) is 4.89. The third kappa shape index (κ3) is 1.90. The number of hydrogen-bond acceptors (Lipinski definition) is 2. The Labute approximate surface area is 79.4 Å². The molecule has 2 rings (SSSR count). The lowest BCUT2D eigenvalue weighted by Gasteiger charge is -2.19. The van der Waals surface area contributed by atoms with Crippen molar-refractivity contribution in [1.82, 2.24) is 10.6 Å². The number of hydrogen-bond donors (Lipinski definition) is 2. The summed E-state index contributed by atoms with van der Waals surface area (Å²) in [5.74, 6) is 0.545. The van der Waals surface area contributed by atoms with Gasteiger partial charge in [0.05, 0.1) is 6.17 Å². The van der Waals surface area contributed by atoms with Crippen LogP contribution in [0.5, 0.6) is 0 Å². The van der Waals surface area contributed by atoms with Crippen LogP contribution in [-0.2, 0) is 0 Å². The molecule has 70 valence electrons. The molecule has 1 aromatic rings. The van der Waals surface area contributed by atoms with Gasteiger partial charge in [0, 0.05) is 19.0 Å². The summed E-state index contributed by atoms with van der Waals surface area (Å²) < 4.78 is 0. The number of rotatable bonds is 2. The second kappa shape index (κ2) is 3.90. The van der Waals surface area contributed by atoms with E-state index in [0.29, 0.717) is 12.1 Å². The Bertz CT molecular complexity index is 252. The molecule has 1 aliphatic rings. The maximum Gasteiger partial charge on any atom is 0.0640 e. The van der Waals surface area contributed by atoms with Crippen LogP contribution in [0, 0.1) is 0 Å². The zero-order valence-electron chi connectivity index (χ0n) is 7.96. The average molecular weight is 176 g/mol. The van der Waals surface area contributed by atoms with Gasteiger partial charge in [0.1, 0.15) is 0 Å². The van der Waals surface area contributed by atoms with Crippen molar-refractivity contribution in [3.63, 3.8) is 0 Å². The van der Waals surface area contributed by atoms with Crippen LogP contribution in [-0.4, -0.2) is 19.3 Å². The van der Waals surface area contributed by atoms with Crippen molar-refractivity contribution in [3.05, 3.63) is 35.9 Å². The highest BCUT2D eigenvalue weighted by Gasteiger charge is 2.20. The minimum atomic E-state index is 0.447. The molecule has 0 bridgehead atoms. The molecule has 0 amide bonds. The highest BCUT2D eigenvalue weighted by molar-refractivity contribution is 5.20. The van der Waals surface area contributed by atoms with Crippen molar-refractivity contribution < 1.29 is 0 Å². The first kappa shape index (κ1) is 8.73. The number of benzene rings is 1. The molecule has 1 heterocycles. The Morgan fingerprint density at radius 1 is 1.15 bits per heavy atom. The summed E-state index contributed by atoms with van der Waals surface area (Å²) in [6, 6.07) is 10.6. The predicted octanol–water partition coefficient (Wildman–Crippen LogP) is 1.31. The summed E-state index contributed by atoms with van der Waals surface area (Å²) >= 11 is 0. The molecule has 2 heteroatoms. The maximum absolute atomic E-state index is 3.44. The summed E-state index contributed by atoms with van der Waals surface area (Å²) in [5, 5.41) is 6.89. The van der Waals surface area contributed by atoms with Gasteiger partial charge < -0.3 is 10.6 Å². The van der Waals surface area contributed by atoms with E-state index in [0.717, 1.165) is 13.1 Å². The van der Waals surface area contributed by atoms with Crippen molar-refractivity contribution in [2.24, 2.45) is 0 Å². The van der Waals surface area contributed by atoms with Gasteiger partial charge in [0.25, 0.3) is 0 Å². The van der Waals surface area contributed by atoms with E-state index in [1.807, 2.05) is 0 Å². The normalized spacial score (nSPS) is 20.4. The van der Waals surface area contributed by atoms with Crippen LogP contribution in [0.15, 0.2) is 30.3 Å². The first-order valence-electron chi connectivity index (χ1n) is 4.89. The van der Waals surface area contributed by atoms with E-state index in [2.05, 4.69) is 47.9 Å². The second-order valence-corrected chi connectivity index (χ2v) is 3.59. The van der Waals surface area contributed by atoms with Crippen LogP contribution in [0.3, 0.4) is 0 Å². The van der Waals surface area contributed by atoms with E-state index in [-0.39, 0.29) is 0 Å². The second-order valence-electron chi connectivity index (χ2n) is 3.59. The third-order valence-electron chi connectivity index (χ3n) is 2.68. The van der Waals surface area contributed by atoms with Crippen molar-refractivity contribution in [2.75, 3.05) is 13.1 Å². The zero-order chi connectivity index (χ0) is 9.10. The topological polar surface area (TPSA) is 24.1 Å². The van der Waals surface area contributed by atoms with Gasteiger partial charge in [-0.15, -0.1) is 0 Å². The van der Waals surface area contributed by atoms with E-state index < -0.39 is 0 Å². The molecule has 13 heavy (non-hydrogen) atoms. The number of nitrogens with one attached hydrogen (secondary N) is 2. The Hall–Kier alpha value is -0.860. The molecule has 0 radical (unpaired) electrons. The van der Waals surface area contributed by atoms with Gasteiger partial charge in [-0.05, 0) is 5.56 Å². The molecule has 0 saturated carbocycles. The van der Waals surface area contributed by atoms with Crippen molar-refractivity contribution in [1.29, 1.82) is 0 Å². The highest BCUT2D eigenvalue weighted by atomic mass is 15.2. The molecule has 2 N–H and O–H groups in total. The summed E-state index contributed by atoms with van der Waals surface area (Å²) in [7, 11) is 0. The van der Waals surface area contributed by atoms with Crippen LogP contribution in [0.25, 0.3) is 0 Å². The molecule has 1 saturated heterocycles.